The van der Waals surface area contributed by atoms with Gasteiger partial charge < -0.3 is 4.90 Å². The van der Waals surface area contributed by atoms with E-state index in [9.17, 15) is 0 Å². The minimum absolute atomic E-state index is 0.890. The zero-order chi connectivity index (χ0) is 14.2. The molecule has 118 valence electrons. The summed E-state index contributed by atoms with van der Waals surface area (Å²) in [4.78, 5) is 5.62. The molecule has 2 aliphatic heterocycles. The van der Waals surface area contributed by atoms with Crippen LogP contribution in [0.1, 0.15) is 78.1 Å². The van der Waals surface area contributed by atoms with E-state index in [4.69, 9.17) is 0 Å². The summed E-state index contributed by atoms with van der Waals surface area (Å²) in [5.41, 5.74) is 0. The van der Waals surface area contributed by atoms with Crippen molar-refractivity contribution >= 4 is 0 Å². The largest absolute Gasteiger partial charge is 0.300 e. The van der Waals surface area contributed by atoms with E-state index in [1.807, 2.05) is 0 Å². The molecule has 20 heavy (non-hydrogen) atoms. The fourth-order valence-electron chi connectivity index (χ4n) is 4.11. The van der Waals surface area contributed by atoms with E-state index < -0.39 is 0 Å². The first-order valence-corrected chi connectivity index (χ1v) is 9.33. The Morgan fingerprint density at radius 3 is 1.80 bits per heavy atom. The molecule has 0 saturated carbocycles. The molecular formula is C18H36N2. The minimum Gasteiger partial charge on any atom is -0.300 e. The third-order valence-electron chi connectivity index (χ3n) is 5.31. The molecule has 2 heteroatoms. The molecule has 2 nitrogen and oxygen atoms in total. The van der Waals surface area contributed by atoms with Crippen LogP contribution < -0.4 is 0 Å². The van der Waals surface area contributed by atoms with E-state index in [1.165, 1.54) is 90.4 Å². The molecule has 0 spiro atoms. The predicted molar refractivity (Wildman–Crippen MR) is 88.2 cm³/mol. The van der Waals surface area contributed by atoms with Crippen LogP contribution in [0.2, 0.25) is 0 Å². The van der Waals surface area contributed by atoms with Crippen molar-refractivity contribution in [1.29, 1.82) is 0 Å². The van der Waals surface area contributed by atoms with Gasteiger partial charge in [0.1, 0.15) is 0 Å². The number of piperazine rings is 1. The standard InChI is InChI=1S/C18H36N2/c1-3-5-7-9-13-19-15-17-11-12-18(16-19)20(17)14-10-8-6-4-2/h17-18H,3-16H2,1-2H3. The molecule has 0 amide bonds. The summed E-state index contributed by atoms with van der Waals surface area (Å²) < 4.78 is 0. The molecule has 0 radical (unpaired) electrons. The van der Waals surface area contributed by atoms with Gasteiger partial charge in [-0.15, -0.1) is 0 Å². The van der Waals surface area contributed by atoms with Crippen LogP contribution in [-0.4, -0.2) is 48.1 Å². The van der Waals surface area contributed by atoms with Gasteiger partial charge in [0, 0.05) is 25.2 Å². The molecule has 2 fully saturated rings. The normalized spacial score (nSPS) is 27.3. The molecule has 2 atom stereocenters. The van der Waals surface area contributed by atoms with Crippen LogP contribution in [-0.2, 0) is 0 Å². The van der Waals surface area contributed by atoms with Gasteiger partial charge in [-0.05, 0) is 38.8 Å². The fourth-order valence-corrected chi connectivity index (χ4v) is 4.11. The Bertz CT molecular complexity index is 240. The maximum atomic E-state index is 2.86. The predicted octanol–water partition coefficient (Wildman–Crippen LogP) is 4.30. The zero-order valence-corrected chi connectivity index (χ0v) is 13.9. The van der Waals surface area contributed by atoms with Crippen molar-refractivity contribution < 1.29 is 0 Å². The van der Waals surface area contributed by atoms with E-state index >= 15 is 0 Å². The lowest BCUT2D eigenvalue weighted by molar-refractivity contribution is 0.0645. The fraction of sp³-hybridized carbons (Fsp3) is 1.00. The van der Waals surface area contributed by atoms with Crippen LogP contribution in [0.3, 0.4) is 0 Å². The molecular weight excluding hydrogens is 244 g/mol. The summed E-state index contributed by atoms with van der Waals surface area (Å²) in [6.07, 6.45) is 14.2. The maximum Gasteiger partial charge on any atom is 0.0227 e. The second kappa shape index (κ2) is 9.04. The van der Waals surface area contributed by atoms with E-state index in [0.29, 0.717) is 0 Å². The molecule has 2 aliphatic rings. The molecule has 2 rings (SSSR count). The summed E-state index contributed by atoms with van der Waals surface area (Å²) >= 11 is 0. The molecule has 0 aromatic heterocycles. The third-order valence-corrected chi connectivity index (χ3v) is 5.31. The number of hydrogen-bond acceptors (Lipinski definition) is 2. The monoisotopic (exact) mass is 280 g/mol. The first-order valence-electron chi connectivity index (χ1n) is 9.33. The summed E-state index contributed by atoms with van der Waals surface area (Å²) in [5.74, 6) is 0. The van der Waals surface area contributed by atoms with Crippen molar-refractivity contribution in [2.75, 3.05) is 26.2 Å². The number of likely N-dealkylation sites (tertiary alicyclic amines) is 1. The van der Waals surface area contributed by atoms with Crippen molar-refractivity contribution in [3.05, 3.63) is 0 Å². The summed E-state index contributed by atoms with van der Waals surface area (Å²) in [5, 5.41) is 0. The van der Waals surface area contributed by atoms with Gasteiger partial charge >= 0.3 is 0 Å². The van der Waals surface area contributed by atoms with Crippen molar-refractivity contribution in [3.8, 4) is 0 Å². The van der Waals surface area contributed by atoms with Gasteiger partial charge in [0.2, 0.25) is 0 Å². The lowest BCUT2D eigenvalue weighted by Crippen LogP contribution is -2.53. The van der Waals surface area contributed by atoms with Gasteiger partial charge in [0.05, 0.1) is 0 Å². The molecule has 2 bridgehead atoms. The minimum atomic E-state index is 0.890. The molecule has 0 N–H and O–H groups in total. The molecule has 0 aromatic carbocycles. The zero-order valence-electron chi connectivity index (χ0n) is 13.9. The SMILES string of the molecule is CCCCCCN1CC2CCC(C1)N2CCCCCC. The number of rotatable bonds is 10. The van der Waals surface area contributed by atoms with E-state index in [1.54, 1.807) is 0 Å². The van der Waals surface area contributed by atoms with Gasteiger partial charge in [-0.3, -0.25) is 4.90 Å². The average molecular weight is 280 g/mol. The molecule has 2 saturated heterocycles. The Balaban J connectivity index is 1.65. The lowest BCUT2D eigenvalue weighted by atomic mass is 10.1. The Kier molecular flexibility index (Phi) is 7.37. The Hall–Kier alpha value is -0.0800. The van der Waals surface area contributed by atoms with E-state index in [0.717, 1.165) is 12.1 Å². The van der Waals surface area contributed by atoms with Crippen LogP contribution in [0.4, 0.5) is 0 Å². The van der Waals surface area contributed by atoms with Crippen LogP contribution >= 0.6 is 0 Å². The number of fused-ring (bicyclic) bond motifs is 2. The topological polar surface area (TPSA) is 6.48 Å². The van der Waals surface area contributed by atoms with Crippen LogP contribution in [0, 0.1) is 0 Å². The van der Waals surface area contributed by atoms with Crippen LogP contribution in [0.15, 0.2) is 0 Å². The van der Waals surface area contributed by atoms with Gasteiger partial charge in [-0.25, -0.2) is 0 Å². The Labute approximate surface area is 126 Å². The highest BCUT2D eigenvalue weighted by molar-refractivity contribution is 4.95. The number of unbranched alkanes of at least 4 members (excludes halogenated alkanes) is 6. The average Bonchev–Trinajstić information content (AvgIpc) is 2.70. The van der Waals surface area contributed by atoms with Gasteiger partial charge in [0.25, 0.3) is 0 Å². The summed E-state index contributed by atoms with van der Waals surface area (Å²) in [6, 6.07) is 1.78. The first-order chi connectivity index (χ1) is 9.85. The van der Waals surface area contributed by atoms with Gasteiger partial charge in [-0.1, -0.05) is 52.4 Å². The first kappa shape index (κ1) is 16.3. The molecule has 2 unspecified atom stereocenters. The highest BCUT2D eigenvalue weighted by atomic mass is 15.3. The number of hydrogen-bond donors (Lipinski definition) is 0. The highest BCUT2D eigenvalue weighted by Gasteiger charge is 2.38. The van der Waals surface area contributed by atoms with Crippen LogP contribution in [0.5, 0.6) is 0 Å². The number of nitrogens with zero attached hydrogens (tertiary/aromatic N) is 2. The lowest BCUT2D eigenvalue weighted by Gasteiger charge is -2.41. The molecule has 0 aromatic rings. The summed E-state index contributed by atoms with van der Waals surface area (Å²) in [6.45, 7) is 10.1. The maximum absolute atomic E-state index is 2.86. The van der Waals surface area contributed by atoms with Crippen molar-refractivity contribution in [2.24, 2.45) is 0 Å². The second-order valence-corrected chi connectivity index (χ2v) is 7.00. The second-order valence-electron chi connectivity index (χ2n) is 7.00. The van der Waals surface area contributed by atoms with Gasteiger partial charge in [0.15, 0.2) is 0 Å². The van der Waals surface area contributed by atoms with Crippen molar-refractivity contribution in [1.82, 2.24) is 9.80 Å². The van der Waals surface area contributed by atoms with E-state index in [2.05, 4.69) is 23.6 Å². The van der Waals surface area contributed by atoms with Crippen LogP contribution in [0.25, 0.3) is 0 Å². The third kappa shape index (κ3) is 4.73. The quantitative estimate of drug-likeness (QED) is 0.551. The van der Waals surface area contributed by atoms with Crippen molar-refractivity contribution in [3.63, 3.8) is 0 Å². The van der Waals surface area contributed by atoms with Crippen molar-refractivity contribution in [2.45, 2.75) is 90.1 Å². The smallest absolute Gasteiger partial charge is 0.0227 e. The Morgan fingerprint density at radius 1 is 0.700 bits per heavy atom. The van der Waals surface area contributed by atoms with E-state index in [-0.39, 0.29) is 0 Å². The Morgan fingerprint density at radius 2 is 1.25 bits per heavy atom. The van der Waals surface area contributed by atoms with Gasteiger partial charge in [-0.2, -0.15) is 0 Å². The summed E-state index contributed by atoms with van der Waals surface area (Å²) in [7, 11) is 0. The molecule has 0 aliphatic carbocycles. The molecule has 2 heterocycles. The highest BCUT2D eigenvalue weighted by Crippen LogP contribution is 2.30.